The van der Waals surface area contributed by atoms with E-state index in [9.17, 15) is 0 Å². The summed E-state index contributed by atoms with van der Waals surface area (Å²) in [6, 6.07) is 9.05. The zero-order chi connectivity index (χ0) is 12.8. The van der Waals surface area contributed by atoms with Gasteiger partial charge in [0.25, 0.3) is 0 Å². The lowest BCUT2D eigenvalue weighted by Gasteiger charge is -2.28. The maximum atomic E-state index is 4.88. The van der Waals surface area contributed by atoms with E-state index < -0.39 is 0 Å². The van der Waals surface area contributed by atoms with Crippen LogP contribution < -0.4 is 0 Å². The van der Waals surface area contributed by atoms with Crippen molar-refractivity contribution in [3.8, 4) is 0 Å². The van der Waals surface area contributed by atoms with Crippen LogP contribution in [-0.2, 0) is 6.42 Å². The third kappa shape index (κ3) is 1.57. The van der Waals surface area contributed by atoms with E-state index in [4.69, 9.17) is 9.98 Å². The normalized spacial score (nSPS) is 23.9. The molecule has 0 saturated heterocycles. The van der Waals surface area contributed by atoms with E-state index >= 15 is 0 Å². The summed E-state index contributed by atoms with van der Waals surface area (Å²) in [5.41, 5.74) is 5.20. The number of nitrogens with zero attached hydrogens (tertiary/aromatic N) is 3. The van der Waals surface area contributed by atoms with Crippen molar-refractivity contribution >= 4 is 17.9 Å². The first-order valence-electron chi connectivity index (χ1n) is 7.07. The van der Waals surface area contributed by atoms with Crippen LogP contribution in [-0.4, -0.2) is 29.7 Å². The lowest BCUT2D eigenvalue weighted by atomic mass is 9.88. The first kappa shape index (κ1) is 11.0. The van der Waals surface area contributed by atoms with Crippen LogP contribution >= 0.6 is 0 Å². The van der Waals surface area contributed by atoms with Gasteiger partial charge in [-0.3, -0.25) is 4.99 Å². The van der Waals surface area contributed by atoms with Crippen molar-refractivity contribution in [3.63, 3.8) is 0 Å². The van der Waals surface area contributed by atoms with Gasteiger partial charge in [-0.05, 0) is 24.8 Å². The Kier molecular flexibility index (Phi) is 2.34. The van der Waals surface area contributed by atoms with Gasteiger partial charge in [-0.15, -0.1) is 0 Å². The van der Waals surface area contributed by atoms with Crippen molar-refractivity contribution in [2.45, 2.75) is 32.2 Å². The van der Waals surface area contributed by atoms with E-state index in [1.165, 1.54) is 22.5 Å². The van der Waals surface area contributed by atoms with Crippen molar-refractivity contribution < 1.29 is 0 Å². The predicted octanol–water partition coefficient (Wildman–Crippen LogP) is 2.88. The van der Waals surface area contributed by atoms with Gasteiger partial charge in [-0.1, -0.05) is 31.2 Å². The summed E-state index contributed by atoms with van der Waals surface area (Å²) in [5, 5.41) is 0. The number of hydrogen-bond donors (Lipinski definition) is 0. The molecular formula is C16H17N3. The number of aliphatic imine (C=N–C) groups is 2. The second kappa shape index (κ2) is 4.05. The minimum Gasteiger partial charge on any atom is -0.315 e. The highest BCUT2D eigenvalue weighted by atomic mass is 15.3. The van der Waals surface area contributed by atoms with Gasteiger partial charge in [0.05, 0.1) is 18.1 Å². The Bertz CT molecular complexity index is 625. The molecule has 1 atom stereocenters. The van der Waals surface area contributed by atoms with Crippen LogP contribution in [0.15, 0.2) is 39.8 Å². The molecule has 19 heavy (non-hydrogen) atoms. The van der Waals surface area contributed by atoms with Gasteiger partial charge in [0.1, 0.15) is 5.84 Å². The summed E-state index contributed by atoms with van der Waals surface area (Å²) < 4.78 is 0. The Hall–Kier alpha value is -1.90. The lowest BCUT2D eigenvalue weighted by molar-refractivity contribution is 0.568. The van der Waals surface area contributed by atoms with E-state index in [1.54, 1.807) is 0 Å². The summed E-state index contributed by atoms with van der Waals surface area (Å²) >= 11 is 0. The fourth-order valence-electron chi connectivity index (χ4n) is 3.18. The average molecular weight is 251 g/mol. The molecule has 2 aliphatic heterocycles. The van der Waals surface area contributed by atoms with E-state index in [1.807, 2.05) is 6.34 Å². The molecule has 1 unspecified atom stereocenters. The molecule has 0 aromatic heterocycles. The summed E-state index contributed by atoms with van der Waals surface area (Å²) in [6.45, 7) is 3.20. The van der Waals surface area contributed by atoms with E-state index in [-0.39, 0.29) is 0 Å². The molecule has 3 heteroatoms. The largest absolute Gasteiger partial charge is 0.315 e. The maximum absolute atomic E-state index is 4.88. The van der Waals surface area contributed by atoms with Crippen LogP contribution in [0.4, 0.5) is 0 Å². The fourth-order valence-corrected chi connectivity index (χ4v) is 3.18. The van der Waals surface area contributed by atoms with Gasteiger partial charge in [0.15, 0.2) is 0 Å². The third-order valence-corrected chi connectivity index (χ3v) is 4.25. The van der Waals surface area contributed by atoms with Gasteiger partial charge in [0, 0.05) is 17.7 Å². The van der Waals surface area contributed by atoms with Crippen LogP contribution in [0.25, 0.3) is 5.70 Å². The Morgan fingerprint density at radius 3 is 3.05 bits per heavy atom. The van der Waals surface area contributed by atoms with E-state index in [0.29, 0.717) is 6.04 Å². The number of rotatable bonds is 1. The van der Waals surface area contributed by atoms with Gasteiger partial charge in [0.2, 0.25) is 0 Å². The highest BCUT2D eigenvalue weighted by molar-refractivity contribution is 6.13. The number of fused-ring (bicyclic) bond motifs is 4. The lowest BCUT2D eigenvalue weighted by Crippen LogP contribution is -2.33. The Morgan fingerprint density at radius 2 is 2.16 bits per heavy atom. The van der Waals surface area contributed by atoms with Gasteiger partial charge >= 0.3 is 0 Å². The fraction of sp³-hybridized carbons (Fsp3) is 0.375. The monoisotopic (exact) mass is 251 g/mol. The Labute approximate surface area is 113 Å². The smallest absolute Gasteiger partial charge is 0.134 e. The first-order valence-corrected chi connectivity index (χ1v) is 7.07. The molecule has 3 nitrogen and oxygen atoms in total. The number of benzene rings is 1. The minimum absolute atomic E-state index is 0.436. The molecular weight excluding hydrogens is 234 g/mol. The van der Waals surface area contributed by atoms with E-state index in [0.717, 1.165) is 31.5 Å². The Balaban J connectivity index is 1.85. The highest BCUT2D eigenvalue weighted by Gasteiger charge is 2.32. The first-order chi connectivity index (χ1) is 9.36. The zero-order valence-corrected chi connectivity index (χ0v) is 11.1. The molecule has 1 aliphatic carbocycles. The Morgan fingerprint density at radius 1 is 1.26 bits per heavy atom. The standard InChI is InChI=1S/C16H17N3/c1-2-12-9-19-10-17-15-13-6-4-3-5-11(13)7-8-14(15)16(19)18-12/h3-6,10,12H,2,7-9H2,1H3. The van der Waals surface area contributed by atoms with Crippen LogP contribution in [0.1, 0.15) is 30.9 Å². The molecule has 3 aliphatic rings. The molecule has 1 aromatic rings. The third-order valence-electron chi connectivity index (χ3n) is 4.25. The highest BCUT2D eigenvalue weighted by Crippen LogP contribution is 2.36. The van der Waals surface area contributed by atoms with Crippen molar-refractivity contribution in [1.29, 1.82) is 0 Å². The summed E-state index contributed by atoms with van der Waals surface area (Å²) in [5.74, 6) is 1.17. The summed E-state index contributed by atoms with van der Waals surface area (Å²) in [7, 11) is 0. The van der Waals surface area contributed by atoms with Crippen molar-refractivity contribution in [2.75, 3.05) is 6.54 Å². The second-order valence-electron chi connectivity index (χ2n) is 5.40. The van der Waals surface area contributed by atoms with Crippen molar-refractivity contribution in [3.05, 3.63) is 41.0 Å². The van der Waals surface area contributed by atoms with Crippen molar-refractivity contribution in [2.24, 2.45) is 9.98 Å². The minimum atomic E-state index is 0.436. The van der Waals surface area contributed by atoms with E-state index in [2.05, 4.69) is 36.1 Å². The van der Waals surface area contributed by atoms with Crippen LogP contribution in [0.5, 0.6) is 0 Å². The number of amidine groups is 1. The quantitative estimate of drug-likeness (QED) is 0.754. The zero-order valence-electron chi connectivity index (χ0n) is 11.1. The second-order valence-corrected chi connectivity index (χ2v) is 5.40. The maximum Gasteiger partial charge on any atom is 0.134 e. The molecule has 0 amide bonds. The molecule has 0 N–H and O–H groups in total. The van der Waals surface area contributed by atoms with Crippen LogP contribution in [0.3, 0.4) is 0 Å². The molecule has 96 valence electrons. The molecule has 0 bridgehead atoms. The number of aryl methyl sites for hydroxylation is 1. The molecule has 0 fully saturated rings. The molecule has 1 aromatic carbocycles. The average Bonchev–Trinajstić information content (AvgIpc) is 2.90. The molecule has 4 rings (SSSR count). The SMILES string of the molecule is CCC1CN2C=NC3=C(CCc4ccccc43)C2=N1. The number of hydrogen-bond acceptors (Lipinski definition) is 3. The predicted molar refractivity (Wildman–Crippen MR) is 78.4 cm³/mol. The van der Waals surface area contributed by atoms with Gasteiger partial charge in [-0.25, -0.2) is 4.99 Å². The summed E-state index contributed by atoms with van der Waals surface area (Å²) in [4.78, 5) is 11.8. The molecule has 0 radical (unpaired) electrons. The van der Waals surface area contributed by atoms with Crippen LogP contribution in [0.2, 0.25) is 0 Å². The molecule has 2 heterocycles. The molecule has 0 saturated carbocycles. The summed E-state index contributed by atoms with van der Waals surface area (Å²) in [6.07, 6.45) is 5.24. The topological polar surface area (TPSA) is 28.0 Å². The van der Waals surface area contributed by atoms with Crippen LogP contribution in [0, 0.1) is 0 Å². The van der Waals surface area contributed by atoms with Crippen molar-refractivity contribution in [1.82, 2.24) is 4.90 Å². The van der Waals surface area contributed by atoms with Gasteiger partial charge in [-0.2, -0.15) is 0 Å². The molecule has 0 spiro atoms. The van der Waals surface area contributed by atoms with Gasteiger partial charge < -0.3 is 4.90 Å².